The number of nitrogens with zero attached hydrogens (tertiary/aromatic N) is 1. The van der Waals surface area contributed by atoms with Crippen molar-refractivity contribution in [3.05, 3.63) is 82.5 Å². The predicted molar refractivity (Wildman–Crippen MR) is 104 cm³/mol. The number of hydrazone groups is 1. The van der Waals surface area contributed by atoms with E-state index in [0.717, 1.165) is 10.4 Å². The summed E-state index contributed by atoms with van der Waals surface area (Å²) in [7, 11) is 0. The van der Waals surface area contributed by atoms with Crippen molar-refractivity contribution in [2.45, 2.75) is 6.42 Å². The van der Waals surface area contributed by atoms with Gasteiger partial charge in [-0.1, -0.05) is 6.07 Å². The van der Waals surface area contributed by atoms with Gasteiger partial charge in [-0.05, 0) is 59.5 Å². The van der Waals surface area contributed by atoms with Gasteiger partial charge in [0.15, 0.2) is 0 Å². The molecule has 0 spiro atoms. The van der Waals surface area contributed by atoms with Gasteiger partial charge in [0, 0.05) is 11.0 Å². The minimum Gasteiger partial charge on any atom is -0.465 e. The third-order valence-electron chi connectivity index (χ3n) is 3.34. The van der Waals surface area contributed by atoms with Gasteiger partial charge in [-0.2, -0.15) is 5.10 Å². The summed E-state index contributed by atoms with van der Waals surface area (Å²) in [6, 6.07) is 14.0. The first kappa shape index (κ1) is 18.3. The van der Waals surface area contributed by atoms with Crippen LogP contribution in [0.3, 0.4) is 0 Å². The molecule has 0 saturated heterocycles. The van der Waals surface area contributed by atoms with Crippen molar-refractivity contribution < 1.29 is 18.7 Å². The van der Waals surface area contributed by atoms with Crippen molar-refractivity contribution in [3.63, 3.8) is 0 Å². The first-order chi connectivity index (χ1) is 13.2. The molecule has 0 atom stereocenters. The number of carbonyl (C=O) groups excluding carboxylic acids is 2. The summed E-state index contributed by atoms with van der Waals surface area (Å²) in [5, 5.41) is 5.84. The summed E-state index contributed by atoms with van der Waals surface area (Å²) in [4.78, 5) is 24.5. The van der Waals surface area contributed by atoms with Gasteiger partial charge in [-0.3, -0.25) is 4.79 Å². The van der Waals surface area contributed by atoms with Gasteiger partial charge < -0.3 is 9.15 Å². The van der Waals surface area contributed by atoms with Gasteiger partial charge in [0.05, 0.1) is 18.9 Å². The number of furan rings is 1. The van der Waals surface area contributed by atoms with Crippen molar-refractivity contribution in [3.8, 4) is 5.75 Å². The minimum atomic E-state index is -0.506. The molecule has 0 saturated carbocycles. The maximum atomic E-state index is 11.7. The number of nitrogens with one attached hydrogen (secondary N) is 1. The van der Waals surface area contributed by atoms with Crippen LogP contribution >= 0.6 is 11.3 Å². The molecule has 7 heteroatoms. The Balaban J connectivity index is 1.46. The zero-order chi connectivity index (χ0) is 18.9. The van der Waals surface area contributed by atoms with Crippen LogP contribution < -0.4 is 10.2 Å². The summed E-state index contributed by atoms with van der Waals surface area (Å²) >= 11 is 1.53. The van der Waals surface area contributed by atoms with Gasteiger partial charge in [0.1, 0.15) is 11.5 Å². The Morgan fingerprint density at radius 1 is 1.15 bits per heavy atom. The minimum absolute atomic E-state index is 0.178. The van der Waals surface area contributed by atoms with Crippen molar-refractivity contribution in [2.75, 3.05) is 0 Å². The van der Waals surface area contributed by atoms with Crippen LogP contribution in [-0.2, 0) is 16.0 Å². The van der Waals surface area contributed by atoms with Crippen LogP contribution in [0.4, 0.5) is 0 Å². The van der Waals surface area contributed by atoms with E-state index in [9.17, 15) is 9.59 Å². The van der Waals surface area contributed by atoms with E-state index in [2.05, 4.69) is 10.5 Å². The maximum Gasteiger partial charge on any atom is 0.336 e. The summed E-state index contributed by atoms with van der Waals surface area (Å²) in [6.07, 6.45) is 6.17. The van der Waals surface area contributed by atoms with E-state index in [0.29, 0.717) is 17.9 Å². The molecule has 0 bridgehead atoms. The first-order valence-electron chi connectivity index (χ1n) is 8.07. The van der Waals surface area contributed by atoms with Crippen LogP contribution in [0, 0.1) is 0 Å². The highest BCUT2D eigenvalue weighted by Gasteiger charge is 2.03. The average Bonchev–Trinajstić information content (AvgIpc) is 3.35. The maximum absolute atomic E-state index is 11.7. The largest absolute Gasteiger partial charge is 0.465 e. The Bertz CT molecular complexity index is 927. The van der Waals surface area contributed by atoms with Crippen molar-refractivity contribution in [1.82, 2.24) is 5.43 Å². The second-order valence-electron chi connectivity index (χ2n) is 5.39. The Labute approximate surface area is 159 Å². The van der Waals surface area contributed by atoms with Crippen LogP contribution in [-0.4, -0.2) is 18.1 Å². The van der Waals surface area contributed by atoms with Gasteiger partial charge in [-0.15, -0.1) is 11.3 Å². The number of amides is 1. The Kier molecular flexibility index (Phi) is 6.32. The SMILES string of the molecule is O=C(Cc1cccs1)N/N=C/c1ccc(OC(=O)/C=C/c2ccco2)cc1. The van der Waals surface area contributed by atoms with E-state index >= 15 is 0 Å². The Morgan fingerprint density at radius 3 is 2.70 bits per heavy atom. The molecule has 1 N–H and O–H groups in total. The number of benzene rings is 1. The third-order valence-corrected chi connectivity index (χ3v) is 4.22. The van der Waals surface area contributed by atoms with Crippen LogP contribution in [0.5, 0.6) is 5.75 Å². The first-order valence-corrected chi connectivity index (χ1v) is 8.95. The molecule has 6 nitrogen and oxygen atoms in total. The molecule has 136 valence electrons. The van der Waals surface area contributed by atoms with Crippen molar-refractivity contribution in [1.29, 1.82) is 0 Å². The van der Waals surface area contributed by atoms with Gasteiger partial charge in [-0.25, -0.2) is 10.2 Å². The molecule has 0 aliphatic rings. The number of carbonyl (C=O) groups is 2. The number of ether oxygens (including phenoxy) is 1. The monoisotopic (exact) mass is 380 g/mol. The number of hydrogen-bond acceptors (Lipinski definition) is 6. The number of esters is 1. The highest BCUT2D eigenvalue weighted by atomic mass is 32.1. The fourth-order valence-corrected chi connectivity index (χ4v) is 2.80. The van der Waals surface area contributed by atoms with E-state index in [4.69, 9.17) is 9.15 Å². The molecule has 0 unspecified atom stereocenters. The molecule has 2 heterocycles. The van der Waals surface area contributed by atoms with E-state index in [1.54, 1.807) is 36.4 Å². The lowest BCUT2D eigenvalue weighted by molar-refractivity contribution is -0.129. The fourth-order valence-electron chi connectivity index (χ4n) is 2.10. The summed E-state index contributed by atoms with van der Waals surface area (Å²) in [5.74, 6) is 0.291. The van der Waals surface area contributed by atoms with Gasteiger partial charge in [0.25, 0.3) is 0 Å². The highest BCUT2D eigenvalue weighted by Crippen LogP contribution is 2.12. The van der Waals surface area contributed by atoms with E-state index < -0.39 is 5.97 Å². The average molecular weight is 380 g/mol. The van der Waals surface area contributed by atoms with E-state index in [-0.39, 0.29) is 5.91 Å². The zero-order valence-corrected chi connectivity index (χ0v) is 15.0. The smallest absolute Gasteiger partial charge is 0.336 e. The van der Waals surface area contributed by atoms with E-state index in [1.165, 1.54) is 36.0 Å². The summed E-state index contributed by atoms with van der Waals surface area (Å²) < 4.78 is 10.3. The molecule has 3 aromatic rings. The number of thiophene rings is 1. The number of rotatable bonds is 7. The number of hydrogen-bond donors (Lipinski definition) is 1. The molecule has 0 fully saturated rings. The predicted octanol–water partition coefficient (Wildman–Crippen LogP) is 3.65. The van der Waals surface area contributed by atoms with E-state index in [1.807, 2.05) is 17.5 Å². The second kappa shape index (κ2) is 9.30. The van der Waals surface area contributed by atoms with Crippen molar-refractivity contribution in [2.24, 2.45) is 5.10 Å². The summed E-state index contributed by atoms with van der Waals surface area (Å²) in [6.45, 7) is 0. The van der Waals surface area contributed by atoms with Crippen LogP contribution in [0.25, 0.3) is 6.08 Å². The molecular weight excluding hydrogens is 364 g/mol. The topological polar surface area (TPSA) is 80.9 Å². The lowest BCUT2D eigenvalue weighted by Crippen LogP contribution is -2.19. The molecule has 27 heavy (non-hydrogen) atoms. The lowest BCUT2D eigenvalue weighted by Gasteiger charge is -2.01. The van der Waals surface area contributed by atoms with Crippen LogP contribution in [0.2, 0.25) is 0 Å². The molecule has 3 rings (SSSR count). The molecule has 0 aliphatic carbocycles. The second-order valence-corrected chi connectivity index (χ2v) is 6.42. The van der Waals surface area contributed by atoms with Crippen LogP contribution in [0.15, 0.2) is 75.8 Å². The zero-order valence-electron chi connectivity index (χ0n) is 14.2. The molecule has 0 aliphatic heterocycles. The molecule has 2 aromatic heterocycles. The highest BCUT2D eigenvalue weighted by molar-refractivity contribution is 7.10. The lowest BCUT2D eigenvalue weighted by atomic mass is 10.2. The quantitative estimate of drug-likeness (QED) is 0.223. The molecule has 1 aromatic carbocycles. The third kappa shape index (κ3) is 6.09. The standard InChI is InChI=1S/C20H16N2O4S/c23-19(13-18-4-2-12-27-18)22-21-14-15-5-7-17(8-6-15)26-20(24)10-9-16-3-1-11-25-16/h1-12,14H,13H2,(H,22,23)/b10-9+,21-14+. The molecule has 1 amide bonds. The van der Waals surface area contributed by atoms with Crippen molar-refractivity contribution >= 4 is 35.5 Å². The Hall–Kier alpha value is -3.45. The fraction of sp³-hybridized carbons (Fsp3) is 0.0500. The Morgan fingerprint density at radius 2 is 2.00 bits per heavy atom. The molecular formula is C20H16N2O4S. The molecule has 0 radical (unpaired) electrons. The van der Waals surface area contributed by atoms with Gasteiger partial charge in [0.2, 0.25) is 5.91 Å². The summed E-state index contributed by atoms with van der Waals surface area (Å²) in [5.41, 5.74) is 3.24. The van der Waals surface area contributed by atoms with Crippen LogP contribution in [0.1, 0.15) is 16.2 Å². The van der Waals surface area contributed by atoms with Gasteiger partial charge >= 0.3 is 5.97 Å². The normalized spacial score (nSPS) is 11.1.